The standard InChI is InChI=1S/C20H27N3O6S/c1-14-20(16(3)29-21-14)30(26,27)23-10-8-22(9-11-23)12-18(25)13-28-19-6-4-17(5-7-19)15(2)24/h4-7,18,25H,8-13H2,1-3H3. The number of aromatic nitrogens is 1. The number of aliphatic hydroxyl groups excluding tert-OH is 1. The van der Waals surface area contributed by atoms with Crippen molar-refractivity contribution in [3.8, 4) is 5.75 Å². The Bertz CT molecular complexity index is 959. The van der Waals surface area contributed by atoms with Crippen molar-refractivity contribution in [3.05, 3.63) is 41.3 Å². The van der Waals surface area contributed by atoms with Crippen LogP contribution in [0.2, 0.25) is 0 Å². The Morgan fingerprint density at radius 2 is 1.83 bits per heavy atom. The number of hydrogen-bond donors (Lipinski definition) is 1. The van der Waals surface area contributed by atoms with Gasteiger partial charge in [0.05, 0.1) is 0 Å². The maximum atomic E-state index is 12.9. The number of hydrogen-bond acceptors (Lipinski definition) is 8. The Kier molecular flexibility index (Phi) is 6.91. The molecule has 0 saturated carbocycles. The van der Waals surface area contributed by atoms with Gasteiger partial charge in [-0.25, -0.2) is 8.42 Å². The Labute approximate surface area is 176 Å². The van der Waals surface area contributed by atoms with Crippen molar-refractivity contribution in [2.24, 2.45) is 0 Å². The number of aliphatic hydroxyl groups is 1. The lowest BCUT2D eigenvalue weighted by atomic mass is 10.1. The van der Waals surface area contributed by atoms with Crippen molar-refractivity contribution in [1.29, 1.82) is 0 Å². The van der Waals surface area contributed by atoms with Crippen molar-refractivity contribution in [1.82, 2.24) is 14.4 Å². The molecule has 1 N–H and O–H groups in total. The van der Waals surface area contributed by atoms with Crippen LogP contribution in [0, 0.1) is 13.8 Å². The second-order valence-electron chi connectivity index (χ2n) is 7.40. The highest BCUT2D eigenvalue weighted by molar-refractivity contribution is 7.89. The molecule has 1 aliphatic rings. The number of ether oxygens (including phenoxy) is 1. The van der Waals surface area contributed by atoms with Crippen LogP contribution in [0.25, 0.3) is 0 Å². The lowest BCUT2D eigenvalue weighted by molar-refractivity contribution is 0.0569. The van der Waals surface area contributed by atoms with Gasteiger partial charge < -0.3 is 14.4 Å². The fraction of sp³-hybridized carbons (Fsp3) is 0.500. The molecule has 0 amide bonds. The molecule has 1 aromatic carbocycles. The normalized spacial score (nSPS) is 17.1. The van der Waals surface area contributed by atoms with Crippen molar-refractivity contribution in [2.75, 3.05) is 39.3 Å². The van der Waals surface area contributed by atoms with E-state index in [0.29, 0.717) is 55.5 Å². The van der Waals surface area contributed by atoms with Crippen LogP contribution in [-0.2, 0) is 10.0 Å². The number of sulfonamides is 1. The second kappa shape index (κ2) is 9.25. The van der Waals surface area contributed by atoms with Crippen LogP contribution in [0.5, 0.6) is 5.75 Å². The summed E-state index contributed by atoms with van der Waals surface area (Å²) >= 11 is 0. The number of Topliss-reactive ketones (excluding diaryl/α,β-unsaturated/α-hetero) is 1. The number of aryl methyl sites for hydroxylation is 2. The zero-order chi connectivity index (χ0) is 21.9. The average molecular weight is 438 g/mol. The van der Waals surface area contributed by atoms with E-state index in [4.69, 9.17) is 9.26 Å². The molecule has 2 heterocycles. The van der Waals surface area contributed by atoms with E-state index < -0.39 is 16.1 Å². The molecule has 30 heavy (non-hydrogen) atoms. The van der Waals surface area contributed by atoms with Crippen molar-refractivity contribution < 1.29 is 27.6 Å². The summed E-state index contributed by atoms with van der Waals surface area (Å²) < 4.78 is 37.7. The fourth-order valence-corrected chi connectivity index (χ4v) is 5.17. The van der Waals surface area contributed by atoms with E-state index in [9.17, 15) is 18.3 Å². The first-order valence-electron chi connectivity index (χ1n) is 9.75. The van der Waals surface area contributed by atoms with Gasteiger partial charge in [-0.2, -0.15) is 4.31 Å². The van der Waals surface area contributed by atoms with E-state index in [1.807, 2.05) is 4.90 Å². The number of nitrogens with zero attached hydrogens (tertiary/aromatic N) is 3. The van der Waals surface area contributed by atoms with Crippen LogP contribution in [0.4, 0.5) is 0 Å². The van der Waals surface area contributed by atoms with Gasteiger partial charge in [-0.05, 0) is 45.0 Å². The summed E-state index contributed by atoms with van der Waals surface area (Å²) in [4.78, 5) is 13.4. The fourth-order valence-electron chi connectivity index (χ4n) is 3.45. The van der Waals surface area contributed by atoms with Gasteiger partial charge in [-0.3, -0.25) is 9.69 Å². The van der Waals surface area contributed by atoms with Gasteiger partial charge >= 0.3 is 0 Å². The molecule has 164 valence electrons. The molecule has 0 spiro atoms. The van der Waals surface area contributed by atoms with E-state index >= 15 is 0 Å². The van der Waals surface area contributed by atoms with Crippen LogP contribution in [-0.4, -0.2) is 79.1 Å². The predicted molar refractivity (Wildman–Crippen MR) is 109 cm³/mol. The zero-order valence-corrected chi connectivity index (χ0v) is 18.2. The highest BCUT2D eigenvalue weighted by Crippen LogP contribution is 2.24. The summed E-state index contributed by atoms with van der Waals surface area (Å²) in [6, 6.07) is 6.76. The first-order valence-corrected chi connectivity index (χ1v) is 11.2. The van der Waals surface area contributed by atoms with Crippen LogP contribution in [0.15, 0.2) is 33.7 Å². The number of ketones is 1. The third-order valence-electron chi connectivity index (χ3n) is 5.07. The lowest BCUT2D eigenvalue weighted by Crippen LogP contribution is -2.50. The maximum absolute atomic E-state index is 12.9. The monoisotopic (exact) mass is 437 g/mol. The molecule has 1 saturated heterocycles. The number of benzene rings is 1. The van der Waals surface area contributed by atoms with E-state index in [-0.39, 0.29) is 17.3 Å². The molecule has 1 aromatic heterocycles. The molecular weight excluding hydrogens is 410 g/mol. The van der Waals surface area contributed by atoms with Gasteiger partial charge in [0.1, 0.15) is 29.0 Å². The molecule has 2 aromatic rings. The second-order valence-corrected chi connectivity index (χ2v) is 9.28. The van der Waals surface area contributed by atoms with Gasteiger partial charge in [0.15, 0.2) is 11.5 Å². The third-order valence-corrected chi connectivity index (χ3v) is 7.21. The SMILES string of the molecule is CC(=O)c1ccc(OCC(O)CN2CCN(S(=O)(=O)c3c(C)noc3C)CC2)cc1. The number of piperazine rings is 1. The maximum Gasteiger partial charge on any atom is 0.248 e. The number of carbonyl (C=O) groups is 1. The molecule has 3 rings (SSSR count). The molecule has 0 radical (unpaired) electrons. The minimum Gasteiger partial charge on any atom is -0.491 e. The largest absolute Gasteiger partial charge is 0.491 e. The van der Waals surface area contributed by atoms with Crippen LogP contribution >= 0.6 is 0 Å². The van der Waals surface area contributed by atoms with Gasteiger partial charge in [0.25, 0.3) is 0 Å². The topological polar surface area (TPSA) is 113 Å². The molecule has 1 aliphatic heterocycles. The van der Waals surface area contributed by atoms with E-state index in [1.54, 1.807) is 38.1 Å². The molecule has 1 unspecified atom stereocenters. The van der Waals surface area contributed by atoms with Gasteiger partial charge in [0, 0.05) is 38.3 Å². The zero-order valence-electron chi connectivity index (χ0n) is 17.4. The van der Waals surface area contributed by atoms with Crippen LogP contribution < -0.4 is 4.74 Å². The molecular formula is C20H27N3O6S. The summed E-state index contributed by atoms with van der Waals surface area (Å²) in [6.45, 7) is 6.86. The minimum atomic E-state index is -3.65. The van der Waals surface area contributed by atoms with Crippen molar-refractivity contribution >= 4 is 15.8 Å². The highest BCUT2D eigenvalue weighted by Gasteiger charge is 2.33. The number of carbonyl (C=O) groups excluding carboxylic acids is 1. The highest BCUT2D eigenvalue weighted by atomic mass is 32.2. The van der Waals surface area contributed by atoms with Crippen LogP contribution in [0.3, 0.4) is 0 Å². The van der Waals surface area contributed by atoms with E-state index in [1.165, 1.54) is 11.2 Å². The Morgan fingerprint density at radius 1 is 1.20 bits per heavy atom. The minimum absolute atomic E-state index is 0.0166. The van der Waals surface area contributed by atoms with E-state index in [2.05, 4.69) is 5.16 Å². The summed E-state index contributed by atoms with van der Waals surface area (Å²) in [6.07, 6.45) is -0.719. The smallest absolute Gasteiger partial charge is 0.248 e. The quantitative estimate of drug-likeness (QED) is 0.614. The van der Waals surface area contributed by atoms with Gasteiger partial charge in [-0.15, -0.1) is 0 Å². The summed E-state index contributed by atoms with van der Waals surface area (Å²) in [7, 11) is -3.65. The Hall–Kier alpha value is -2.27. The Morgan fingerprint density at radius 3 is 2.37 bits per heavy atom. The lowest BCUT2D eigenvalue weighted by Gasteiger charge is -2.34. The predicted octanol–water partition coefficient (Wildman–Crippen LogP) is 1.24. The van der Waals surface area contributed by atoms with Crippen molar-refractivity contribution in [3.63, 3.8) is 0 Å². The van der Waals surface area contributed by atoms with Gasteiger partial charge in [0.2, 0.25) is 10.0 Å². The first kappa shape index (κ1) is 22.4. The first-order chi connectivity index (χ1) is 14.2. The van der Waals surface area contributed by atoms with Gasteiger partial charge in [-0.1, -0.05) is 5.16 Å². The summed E-state index contributed by atoms with van der Waals surface area (Å²) in [5.41, 5.74) is 0.964. The number of β-amino-alcohol motifs (C(OH)–C–C–N with tert-alkyl or cyclic N) is 1. The number of rotatable bonds is 8. The molecule has 0 bridgehead atoms. The molecule has 0 aliphatic carbocycles. The summed E-state index contributed by atoms with van der Waals surface area (Å²) in [5.74, 6) is 0.852. The third kappa shape index (κ3) is 5.07. The molecule has 1 fully saturated rings. The molecule has 9 nitrogen and oxygen atoms in total. The van der Waals surface area contributed by atoms with E-state index in [0.717, 1.165) is 0 Å². The van der Waals surface area contributed by atoms with Crippen molar-refractivity contribution in [2.45, 2.75) is 31.8 Å². The summed E-state index contributed by atoms with van der Waals surface area (Å²) in [5, 5.41) is 14.0. The molecule has 10 heteroatoms. The molecule has 1 atom stereocenters. The Balaban J connectivity index is 1.48. The van der Waals surface area contributed by atoms with Crippen LogP contribution in [0.1, 0.15) is 28.7 Å². The average Bonchev–Trinajstić information content (AvgIpc) is 3.06.